The number of piperidine rings is 2. The molecule has 4 heterocycles. The molecule has 4 aromatic rings. The molecule has 3 amide bonds. The Morgan fingerprint density at radius 1 is 1.03 bits per heavy atom. The van der Waals surface area contributed by atoms with Crippen LogP contribution in [0, 0.1) is 11.8 Å². The third-order valence-corrected chi connectivity index (χ3v) is 14.1. The lowest BCUT2D eigenvalue weighted by Crippen LogP contribution is -2.53. The van der Waals surface area contributed by atoms with Crippen LogP contribution in [0.1, 0.15) is 63.9 Å². The molecule has 0 spiro atoms. The molecule has 65 heavy (non-hydrogen) atoms. The number of halogens is 1. The van der Waals surface area contributed by atoms with Crippen molar-refractivity contribution in [1.29, 1.82) is 0 Å². The summed E-state index contributed by atoms with van der Waals surface area (Å²) in [5.74, 6) is 6.46. The monoisotopic (exact) mass is 922 g/mol. The number of ether oxygens (including phenoxy) is 1. The number of rotatable bonds is 15. The van der Waals surface area contributed by atoms with Crippen molar-refractivity contribution in [3.63, 3.8) is 0 Å². The number of imide groups is 1. The minimum Gasteiger partial charge on any atom is -0.494 e. The van der Waals surface area contributed by atoms with Gasteiger partial charge in [0.2, 0.25) is 17.8 Å². The quantitative estimate of drug-likeness (QED) is 0.0536. The number of nitrogens with one attached hydrogen (secondary N) is 3. The molecule has 18 heteroatoms. The SMILES string of the molecule is COc1cc(N2CCC(N3CCN(CCC#Cc4cccc(C=O)c4CN(C)C4CCC(=O)NC4=O)CC3)CC2)c(C(N)=O)cc1Nc1ncc(Cl)c(Nc2ccccc2P(C)(C)=O)n1. The first kappa shape index (κ1) is 47.2. The normalized spacial score (nSPS) is 17.6. The molecular weight excluding hydrogens is 867 g/mol. The zero-order valence-corrected chi connectivity index (χ0v) is 38.9. The summed E-state index contributed by atoms with van der Waals surface area (Å²) in [6, 6.07) is 16.2. The van der Waals surface area contributed by atoms with Crippen LogP contribution in [0.5, 0.6) is 5.75 Å². The van der Waals surface area contributed by atoms with Gasteiger partial charge >= 0.3 is 0 Å². The largest absolute Gasteiger partial charge is 0.494 e. The van der Waals surface area contributed by atoms with E-state index >= 15 is 0 Å². The summed E-state index contributed by atoms with van der Waals surface area (Å²) in [4.78, 5) is 67.0. The number of benzene rings is 3. The second-order valence-corrected chi connectivity index (χ2v) is 20.6. The van der Waals surface area contributed by atoms with Crippen LogP contribution in [0.4, 0.5) is 28.8 Å². The molecule has 3 aromatic carbocycles. The van der Waals surface area contributed by atoms with Crippen molar-refractivity contribution < 1.29 is 28.5 Å². The maximum absolute atomic E-state index is 13.0. The molecule has 0 bridgehead atoms. The van der Waals surface area contributed by atoms with Crippen LogP contribution < -0.4 is 36.6 Å². The maximum atomic E-state index is 13.0. The molecule has 342 valence electrons. The number of amides is 3. The highest BCUT2D eigenvalue weighted by Gasteiger charge is 2.32. The molecule has 1 unspecified atom stereocenters. The van der Waals surface area contributed by atoms with E-state index in [0.717, 1.165) is 76.1 Å². The van der Waals surface area contributed by atoms with E-state index in [1.165, 1.54) is 6.20 Å². The average molecular weight is 923 g/mol. The van der Waals surface area contributed by atoms with Gasteiger partial charge in [-0.15, -0.1) is 0 Å². The van der Waals surface area contributed by atoms with Crippen molar-refractivity contribution >= 4 is 76.9 Å². The zero-order valence-electron chi connectivity index (χ0n) is 37.2. The van der Waals surface area contributed by atoms with Gasteiger partial charge in [0.1, 0.15) is 24.2 Å². The Bertz CT molecular complexity index is 2540. The molecule has 1 aromatic heterocycles. The van der Waals surface area contributed by atoms with E-state index in [0.29, 0.717) is 70.5 Å². The van der Waals surface area contributed by atoms with Gasteiger partial charge in [-0.3, -0.25) is 39.2 Å². The predicted octanol–water partition coefficient (Wildman–Crippen LogP) is 5.05. The number of aldehydes is 1. The molecule has 3 aliphatic rings. The minimum atomic E-state index is -2.61. The van der Waals surface area contributed by atoms with Gasteiger partial charge in [-0.25, -0.2) is 4.98 Å². The number of carbonyl (C=O) groups is 4. The van der Waals surface area contributed by atoms with Gasteiger partial charge < -0.3 is 30.6 Å². The van der Waals surface area contributed by atoms with Gasteiger partial charge in [-0.05, 0) is 69.5 Å². The molecule has 0 radical (unpaired) electrons. The number of methoxy groups -OCH3 is 1. The van der Waals surface area contributed by atoms with Crippen LogP contribution in [0.15, 0.2) is 60.8 Å². The van der Waals surface area contributed by atoms with E-state index in [2.05, 4.69) is 52.5 Å². The smallest absolute Gasteiger partial charge is 0.250 e. The molecule has 1 atom stereocenters. The number of piperazine rings is 1. The standard InChI is InChI=1S/C47H56ClN10O6P/c1-55(39-15-16-43(60)53-46(39)62)29-35-31(11-9-12-32(35)30-59)10-7-8-19-56-22-24-57(25-23-56)33-17-20-58(21-18-33)40-27-41(64-2)38(26-34(40)44(49)61)52-47-50-28-36(48)45(54-47)51-37-13-5-6-14-42(37)65(3,4)63/h5-6,9,11-14,26-28,30,33,39H,8,15-25,29H2,1-4H3,(H2,49,61)(H,53,60,62)(H2,50,51,52,54). The van der Waals surface area contributed by atoms with Gasteiger partial charge in [0, 0.05) is 93.7 Å². The number of primary amides is 1. The van der Waals surface area contributed by atoms with Crippen LogP contribution in [-0.4, -0.2) is 134 Å². The van der Waals surface area contributed by atoms with Crippen molar-refractivity contribution in [3.8, 4) is 17.6 Å². The second kappa shape index (κ2) is 21.0. The Morgan fingerprint density at radius 2 is 1.78 bits per heavy atom. The second-order valence-electron chi connectivity index (χ2n) is 17.0. The first-order valence-electron chi connectivity index (χ1n) is 21.8. The van der Waals surface area contributed by atoms with Crippen LogP contribution in [0.25, 0.3) is 0 Å². The lowest BCUT2D eigenvalue weighted by Gasteiger charge is -2.43. The first-order chi connectivity index (χ1) is 31.2. The fraction of sp³-hybridized carbons (Fsp3) is 0.404. The summed E-state index contributed by atoms with van der Waals surface area (Å²) in [5, 5.41) is 9.72. The third kappa shape index (κ3) is 11.5. The molecule has 3 saturated heterocycles. The van der Waals surface area contributed by atoms with E-state index in [-0.39, 0.29) is 29.2 Å². The van der Waals surface area contributed by atoms with Crippen molar-refractivity contribution in [2.75, 3.05) is 88.8 Å². The summed E-state index contributed by atoms with van der Waals surface area (Å²) in [6.07, 6.45) is 5.53. The number of anilines is 5. The van der Waals surface area contributed by atoms with Crippen molar-refractivity contribution in [1.82, 2.24) is 30.0 Å². The summed E-state index contributed by atoms with van der Waals surface area (Å²) >= 11 is 6.49. The third-order valence-electron chi connectivity index (χ3n) is 12.3. The number of likely N-dealkylation sites (N-methyl/N-ethyl adjacent to an activating group) is 1. The Morgan fingerprint density at radius 3 is 2.48 bits per heavy atom. The number of carbonyl (C=O) groups excluding carboxylic acids is 4. The highest BCUT2D eigenvalue weighted by atomic mass is 35.5. The van der Waals surface area contributed by atoms with E-state index in [1.807, 2.05) is 54.4 Å². The van der Waals surface area contributed by atoms with E-state index in [1.54, 1.807) is 32.6 Å². The number of nitrogens with two attached hydrogens (primary N) is 1. The van der Waals surface area contributed by atoms with Crippen LogP contribution >= 0.6 is 18.7 Å². The van der Waals surface area contributed by atoms with E-state index < -0.39 is 19.1 Å². The number of hydrogen-bond acceptors (Lipinski definition) is 14. The Labute approximate surface area is 385 Å². The van der Waals surface area contributed by atoms with Gasteiger partial charge in [0.05, 0.1) is 42.0 Å². The molecule has 16 nitrogen and oxygen atoms in total. The number of hydrogen-bond donors (Lipinski definition) is 4. The summed E-state index contributed by atoms with van der Waals surface area (Å²) in [5.41, 5.74) is 10.2. The number of aromatic nitrogens is 2. The summed E-state index contributed by atoms with van der Waals surface area (Å²) < 4.78 is 18.8. The molecular formula is C47H56ClN10O6P. The van der Waals surface area contributed by atoms with Crippen LogP contribution in [0.2, 0.25) is 5.02 Å². The van der Waals surface area contributed by atoms with Crippen LogP contribution in [0.3, 0.4) is 0 Å². The number of nitrogens with zero attached hydrogens (tertiary/aromatic N) is 6. The van der Waals surface area contributed by atoms with E-state index in [9.17, 15) is 23.7 Å². The highest BCUT2D eigenvalue weighted by molar-refractivity contribution is 7.70. The number of para-hydroxylation sites is 1. The lowest BCUT2D eigenvalue weighted by atomic mass is 9.99. The topological polar surface area (TPSA) is 195 Å². The zero-order chi connectivity index (χ0) is 46.3. The molecule has 3 aliphatic heterocycles. The fourth-order valence-corrected chi connectivity index (χ4v) is 10.1. The van der Waals surface area contributed by atoms with Gasteiger partial charge in [-0.2, -0.15) is 4.98 Å². The molecule has 0 aliphatic carbocycles. The molecule has 7 rings (SSSR count). The Kier molecular flexibility index (Phi) is 15.2. The van der Waals surface area contributed by atoms with Gasteiger partial charge in [-0.1, -0.05) is 47.7 Å². The Balaban J connectivity index is 0.926. The van der Waals surface area contributed by atoms with E-state index in [4.69, 9.17) is 22.1 Å². The summed E-state index contributed by atoms with van der Waals surface area (Å²) in [7, 11) is 0.778. The fourth-order valence-electron chi connectivity index (χ4n) is 8.77. The highest BCUT2D eigenvalue weighted by Crippen LogP contribution is 2.40. The molecule has 5 N–H and O–H groups in total. The maximum Gasteiger partial charge on any atom is 0.250 e. The predicted molar refractivity (Wildman–Crippen MR) is 255 cm³/mol. The lowest BCUT2D eigenvalue weighted by molar-refractivity contribution is -0.137. The van der Waals surface area contributed by atoms with Crippen molar-refractivity contribution in [2.45, 2.75) is 50.7 Å². The van der Waals surface area contributed by atoms with Crippen molar-refractivity contribution in [2.24, 2.45) is 5.73 Å². The van der Waals surface area contributed by atoms with Gasteiger partial charge in [0.15, 0.2) is 5.82 Å². The van der Waals surface area contributed by atoms with Crippen LogP contribution in [-0.2, 0) is 20.7 Å². The van der Waals surface area contributed by atoms with Crippen molar-refractivity contribution in [3.05, 3.63) is 88.1 Å². The minimum absolute atomic E-state index is 0.199. The first-order valence-corrected chi connectivity index (χ1v) is 24.7. The summed E-state index contributed by atoms with van der Waals surface area (Å²) in [6.45, 7) is 9.85. The van der Waals surface area contributed by atoms with Gasteiger partial charge in [0.25, 0.3) is 5.91 Å². The molecule has 0 saturated carbocycles. The Hall–Kier alpha value is -5.82. The molecule has 3 fully saturated rings. The average Bonchev–Trinajstić information content (AvgIpc) is 3.29.